The van der Waals surface area contributed by atoms with E-state index in [2.05, 4.69) is 84.8 Å². The molecule has 1 aliphatic rings. The first kappa shape index (κ1) is 13.0. The van der Waals surface area contributed by atoms with Gasteiger partial charge in [0.15, 0.2) is 0 Å². The summed E-state index contributed by atoms with van der Waals surface area (Å²) in [6, 6.07) is 17.3. The quantitative estimate of drug-likeness (QED) is 0.900. The summed E-state index contributed by atoms with van der Waals surface area (Å²) in [5.74, 6) is 0. The van der Waals surface area contributed by atoms with Crippen LogP contribution in [0.5, 0.6) is 0 Å². The van der Waals surface area contributed by atoms with E-state index in [1.165, 1.54) is 22.5 Å². The second-order valence-corrected chi connectivity index (χ2v) is 5.61. The molecule has 2 aromatic carbocycles. The number of nitrogens with zero attached hydrogens (tertiary/aromatic N) is 2. The molecule has 1 unspecified atom stereocenters. The van der Waals surface area contributed by atoms with Crippen molar-refractivity contribution in [2.75, 3.05) is 31.4 Å². The molecule has 1 heterocycles. The van der Waals surface area contributed by atoms with Gasteiger partial charge in [0.25, 0.3) is 0 Å². The lowest BCUT2D eigenvalue weighted by Crippen LogP contribution is -2.34. The summed E-state index contributed by atoms with van der Waals surface area (Å²) in [7, 11) is 6.29. The zero-order chi connectivity index (χ0) is 14.1. The molecule has 2 aromatic rings. The van der Waals surface area contributed by atoms with Crippen molar-refractivity contribution in [2.45, 2.75) is 12.7 Å². The summed E-state index contributed by atoms with van der Waals surface area (Å²) in [4.78, 5) is 4.46. The third kappa shape index (κ3) is 2.37. The molecule has 1 N–H and O–H groups in total. The second kappa shape index (κ2) is 5.17. The van der Waals surface area contributed by atoms with Crippen molar-refractivity contribution in [3.8, 4) is 0 Å². The molecule has 3 nitrogen and oxygen atoms in total. The Bertz CT molecular complexity index is 589. The fraction of sp³-hybridized carbons (Fsp3) is 0.294. The highest BCUT2D eigenvalue weighted by atomic mass is 15.3. The third-order valence-corrected chi connectivity index (χ3v) is 3.90. The summed E-state index contributed by atoms with van der Waals surface area (Å²) in [6.45, 7) is 0.975. The number of fused-ring (bicyclic) bond motifs is 1. The zero-order valence-electron chi connectivity index (χ0n) is 12.3. The van der Waals surface area contributed by atoms with Crippen molar-refractivity contribution < 1.29 is 0 Å². The van der Waals surface area contributed by atoms with Crippen molar-refractivity contribution in [3.63, 3.8) is 0 Å². The van der Waals surface area contributed by atoms with Gasteiger partial charge in [0, 0.05) is 32.0 Å². The molecule has 0 saturated heterocycles. The molecule has 0 fully saturated rings. The molecular formula is C17H21N3. The van der Waals surface area contributed by atoms with Crippen LogP contribution >= 0.6 is 0 Å². The molecule has 0 aliphatic carbocycles. The Morgan fingerprint density at radius 1 is 1.05 bits per heavy atom. The largest absolute Gasteiger partial charge is 0.378 e. The number of anilines is 2. The van der Waals surface area contributed by atoms with Gasteiger partial charge in [-0.05, 0) is 36.4 Å². The average molecular weight is 267 g/mol. The highest BCUT2D eigenvalue weighted by Crippen LogP contribution is 2.32. The fourth-order valence-corrected chi connectivity index (χ4v) is 2.71. The SMILES string of the molecule is CN(C)c1ccc(C2Nc3ccccc3CN2C)cc1. The maximum Gasteiger partial charge on any atom is 0.106 e. The smallest absolute Gasteiger partial charge is 0.106 e. The number of benzene rings is 2. The van der Waals surface area contributed by atoms with Crippen LogP contribution in [-0.2, 0) is 6.54 Å². The average Bonchev–Trinajstić information content (AvgIpc) is 2.46. The minimum Gasteiger partial charge on any atom is -0.378 e. The van der Waals surface area contributed by atoms with Gasteiger partial charge >= 0.3 is 0 Å². The Kier molecular flexibility index (Phi) is 3.36. The molecule has 3 heteroatoms. The predicted molar refractivity (Wildman–Crippen MR) is 85.0 cm³/mol. The molecule has 0 spiro atoms. The number of hydrogen-bond donors (Lipinski definition) is 1. The van der Waals surface area contributed by atoms with E-state index >= 15 is 0 Å². The molecule has 3 rings (SSSR count). The van der Waals surface area contributed by atoms with Crippen LogP contribution in [0.15, 0.2) is 48.5 Å². The Hall–Kier alpha value is -2.00. The molecule has 0 aromatic heterocycles. The van der Waals surface area contributed by atoms with E-state index < -0.39 is 0 Å². The van der Waals surface area contributed by atoms with Gasteiger partial charge in [0.05, 0.1) is 0 Å². The molecule has 0 bridgehead atoms. The highest BCUT2D eigenvalue weighted by Gasteiger charge is 2.23. The third-order valence-electron chi connectivity index (χ3n) is 3.90. The summed E-state index contributed by atoms with van der Waals surface area (Å²) >= 11 is 0. The number of nitrogens with one attached hydrogen (secondary N) is 1. The molecule has 1 atom stereocenters. The van der Waals surface area contributed by atoms with Crippen LogP contribution in [0.4, 0.5) is 11.4 Å². The predicted octanol–water partition coefficient (Wildman–Crippen LogP) is 3.31. The van der Waals surface area contributed by atoms with E-state index in [4.69, 9.17) is 0 Å². The van der Waals surface area contributed by atoms with Crippen LogP contribution in [0, 0.1) is 0 Å². The van der Waals surface area contributed by atoms with Gasteiger partial charge < -0.3 is 10.2 Å². The second-order valence-electron chi connectivity index (χ2n) is 5.61. The molecule has 0 amide bonds. The van der Waals surface area contributed by atoms with E-state index in [1.54, 1.807) is 0 Å². The normalized spacial score (nSPS) is 18.2. The van der Waals surface area contributed by atoms with E-state index in [9.17, 15) is 0 Å². The summed E-state index contributed by atoms with van der Waals surface area (Å²) in [5, 5.41) is 3.62. The maximum atomic E-state index is 3.62. The lowest BCUT2D eigenvalue weighted by Gasteiger charge is -2.36. The monoisotopic (exact) mass is 267 g/mol. The lowest BCUT2D eigenvalue weighted by molar-refractivity contribution is 0.250. The summed E-state index contributed by atoms with van der Waals surface area (Å²) < 4.78 is 0. The number of para-hydroxylation sites is 1. The van der Waals surface area contributed by atoms with Gasteiger partial charge in [-0.3, -0.25) is 4.90 Å². The first-order valence-corrected chi connectivity index (χ1v) is 6.97. The standard InChI is InChI=1S/C17H21N3/c1-19(2)15-10-8-13(9-11-15)17-18-16-7-5-4-6-14(16)12-20(17)3/h4-11,17-18H,12H2,1-3H3. The van der Waals surface area contributed by atoms with Crippen LogP contribution in [0.3, 0.4) is 0 Å². The van der Waals surface area contributed by atoms with Crippen LogP contribution in [0.25, 0.3) is 0 Å². The Morgan fingerprint density at radius 2 is 1.75 bits per heavy atom. The Labute approximate surface area is 120 Å². The Morgan fingerprint density at radius 3 is 2.45 bits per heavy atom. The zero-order valence-corrected chi connectivity index (χ0v) is 12.3. The molecular weight excluding hydrogens is 246 g/mol. The van der Waals surface area contributed by atoms with Gasteiger partial charge in [-0.25, -0.2) is 0 Å². The van der Waals surface area contributed by atoms with E-state index in [0.29, 0.717) is 0 Å². The van der Waals surface area contributed by atoms with Gasteiger partial charge in [0.2, 0.25) is 0 Å². The van der Waals surface area contributed by atoms with Crippen LogP contribution in [-0.4, -0.2) is 26.0 Å². The molecule has 0 saturated carbocycles. The van der Waals surface area contributed by atoms with Gasteiger partial charge in [-0.2, -0.15) is 0 Å². The number of hydrogen-bond acceptors (Lipinski definition) is 3. The fourth-order valence-electron chi connectivity index (χ4n) is 2.71. The maximum absolute atomic E-state index is 3.62. The molecule has 1 aliphatic heterocycles. The Balaban J connectivity index is 1.87. The van der Waals surface area contributed by atoms with Crippen LogP contribution in [0.2, 0.25) is 0 Å². The minimum atomic E-state index is 0.237. The van der Waals surface area contributed by atoms with E-state index in [1.807, 2.05) is 0 Å². The van der Waals surface area contributed by atoms with Gasteiger partial charge in [0.1, 0.15) is 6.17 Å². The molecule has 0 radical (unpaired) electrons. The van der Waals surface area contributed by atoms with Crippen molar-refractivity contribution in [3.05, 3.63) is 59.7 Å². The first-order valence-electron chi connectivity index (χ1n) is 6.97. The van der Waals surface area contributed by atoms with Crippen molar-refractivity contribution in [2.24, 2.45) is 0 Å². The lowest BCUT2D eigenvalue weighted by atomic mass is 10.0. The topological polar surface area (TPSA) is 18.5 Å². The van der Waals surface area contributed by atoms with Crippen molar-refractivity contribution in [1.82, 2.24) is 4.90 Å². The highest BCUT2D eigenvalue weighted by molar-refractivity contribution is 5.55. The van der Waals surface area contributed by atoms with Gasteiger partial charge in [-0.15, -0.1) is 0 Å². The van der Waals surface area contributed by atoms with Crippen LogP contribution < -0.4 is 10.2 Å². The molecule has 20 heavy (non-hydrogen) atoms. The van der Waals surface area contributed by atoms with E-state index in [0.717, 1.165) is 6.54 Å². The molecule has 104 valence electrons. The van der Waals surface area contributed by atoms with Crippen molar-refractivity contribution >= 4 is 11.4 Å². The van der Waals surface area contributed by atoms with Crippen molar-refractivity contribution in [1.29, 1.82) is 0 Å². The number of rotatable bonds is 2. The summed E-state index contributed by atoms with van der Waals surface area (Å²) in [6.07, 6.45) is 0.237. The van der Waals surface area contributed by atoms with Crippen LogP contribution in [0.1, 0.15) is 17.3 Å². The van der Waals surface area contributed by atoms with Gasteiger partial charge in [-0.1, -0.05) is 30.3 Å². The first-order chi connectivity index (χ1) is 9.65. The van der Waals surface area contributed by atoms with E-state index in [-0.39, 0.29) is 6.17 Å². The summed E-state index contributed by atoms with van der Waals surface area (Å²) in [5.41, 5.74) is 5.13. The minimum absolute atomic E-state index is 0.237.